The van der Waals surface area contributed by atoms with Gasteiger partial charge < -0.3 is 10.3 Å². The minimum absolute atomic E-state index is 0.282. The largest absolute Gasteiger partial charge is 0.406 e. The second kappa shape index (κ2) is 4.81. The Bertz CT molecular complexity index is 641. The quantitative estimate of drug-likeness (QED) is 0.812. The Morgan fingerprint density at radius 1 is 1.37 bits per heavy atom. The van der Waals surface area contributed by atoms with Crippen LogP contribution in [0.3, 0.4) is 0 Å². The van der Waals surface area contributed by atoms with E-state index in [0.717, 1.165) is 0 Å². The molecule has 6 heteroatoms. The van der Waals surface area contributed by atoms with Crippen LogP contribution in [0.4, 0.5) is 18.9 Å². The summed E-state index contributed by atoms with van der Waals surface area (Å²) in [7, 11) is 0. The van der Waals surface area contributed by atoms with Gasteiger partial charge >= 0.3 is 6.18 Å². The molecule has 0 amide bonds. The van der Waals surface area contributed by atoms with Crippen molar-refractivity contribution in [2.24, 2.45) is 0 Å². The van der Waals surface area contributed by atoms with Gasteiger partial charge in [0.2, 0.25) is 0 Å². The lowest BCUT2D eigenvalue weighted by Gasteiger charge is -2.12. The van der Waals surface area contributed by atoms with Crippen LogP contribution >= 0.6 is 11.6 Å². The molecule has 0 saturated carbocycles. The van der Waals surface area contributed by atoms with E-state index in [9.17, 15) is 13.2 Å². The molecule has 0 spiro atoms. The molecule has 0 aliphatic rings. The zero-order chi connectivity index (χ0) is 14.2. The van der Waals surface area contributed by atoms with Gasteiger partial charge in [0.15, 0.2) is 0 Å². The average Bonchev–Trinajstić information content (AvgIpc) is 2.62. The van der Waals surface area contributed by atoms with Gasteiger partial charge in [-0.2, -0.15) is 13.2 Å². The van der Waals surface area contributed by atoms with Gasteiger partial charge in [0.05, 0.1) is 16.2 Å². The molecule has 0 aliphatic carbocycles. The summed E-state index contributed by atoms with van der Waals surface area (Å²) < 4.78 is 39.1. The number of hydrogen-bond donors (Lipinski definition) is 1. The minimum Gasteiger partial charge on any atom is -0.398 e. The third-order valence-corrected chi connectivity index (χ3v) is 3.18. The fraction of sp³-hybridized carbons (Fsp3) is 0.231. The molecule has 0 fully saturated rings. The first-order valence-corrected chi connectivity index (χ1v) is 5.98. The molecule has 1 heterocycles. The molecule has 0 atom stereocenters. The van der Waals surface area contributed by atoms with Crippen molar-refractivity contribution in [2.45, 2.75) is 19.6 Å². The van der Waals surface area contributed by atoms with Crippen molar-refractivity contribution < 1.29 is 13.2 Å². The predicted octanol–water partition coefficient (Wildman–Crippen LogP) is 4.47. The van der Waals surface area contributed by atoms with E-state index in [0.29, 0.717) is 22.3 Å². The lowest BCUT2D eigenvalue weighted by atomic mass is 10.2. The van der Waals surface area contributed by atoms with Crippen molar-refractivity contribution in [3.05, 3.63) is 35.0 Å². The molecule has 2 aromatic rings. The summed E-state index contributed by atoms with van der Waals surface area (Å²) >= 11 is 6.04. The maximum absolute atomic E-state index is 12.6. The number of nitrogens with two attached hydrogens (primary N) is 1. The van der Waals surface area contributed by atoms with Crippen LogP contribution < -0.4 is 5.73 Å². The van der Waals surface area contributed by atoms with Crippen LogP contribution in [0.25, 0.3) is 17.0 Å². The highest BCUT2D eigenvalue weighted by Crippen LogP contribution is 2.33. The number of anilines is 1. The molecule has 0 unspecified atom stereocenters. The lowest BCUT2D eigenvalue weighted by Crippen LogP contribution is -2.18. The zero-order valence-electron chi connectivity index (χ0n) is 10.1. The first-order valence-electron chi connectivity index (χ1n) is 5.60. The molecule has 19 heavy (non-hydrogen) atoms. The van der Waals surface area contributed by atoms with Gasteiger partial charge in [-0.25, -0.2) is 0 Å². The van der Waals surface area contributed by atoms with E-state index >= 15 is 0 Å². The number of rotatable bonds is 2. The number of allylic oxidation sites excluding steroid dienone is 1. The van der Waals surface area contributed by atoms with Crippen LogP contribution in [0.15, 0.2) is 24.3 Å². The van der Waals surface area contributed by atoms with Gasteiger partial charge in [-0.15, -0.1) is 0 Å². The Balaban J connectivity index is 2.71. The number of aromatic nitrogens is 1. The SMILES string of the molecule is C/C=C\c1cc2c(Cl)c(N)ccc2n1CC(F)(F)F. The fourth-order valence-electron chi connectivity index (χ4n) is 2.00. The van der Waals surface area contributed by atoms with E-state index in [4.69, 9.17) is 17.3 Å². The highest BCUT2D eigenvalue weighted by Gasteiger charge is 2.29. The Labute approximate surface area is 113 Å². The number of hydrogen-bond acceptors (Lipinski definition) is 1. The number of nitrogen functional groups attached to an aromatic ring is 1. The van der Waals surface area contributed by atoms with Crippen LogP contribution in [0.2, 0.25) is 5.02 Å². The molecule has 1 aromatic carbocycles. The highest BCUT2D eigenvalue weighted by atomic mass is 35.5. The fourth-order valence-corrected chi connectivity index (χ4v) is 2.22. The van der Waals surface area contributed by atoms with Crippen molar-refractivity contribution in [1.82, 2.24) is 4.57 Å². The number of benzene rings is 1. The van der Waals surface area contributed by atoms with E-state index < -0.39 is 12.7 Å². The number of fused-ring (bicyclic) bond motifs is 1. The van der Waals surface area contributed by atoms with E-state index in [-0.39, 0.29) is 5.02 Å². The van der Waals surface area contributed by atoms with Gasteiger partial charge in [-0.1, -0.05) is 17.7 Å². The normalized spacial score (nSPS) is 12.7. The maximum atomic E-state index is 12.6. The van der Waals surface area contributed by atoms with Crippen molar-refractivity contribution in [1.29, 1.82) is 0 Å². The topological polar surface area (TPSA) is 30.9 Å². The van der Waals surface area contributed by atoms with E-state index in [1.807, 2.05) is 0 Å². The number of halogens is 4. The van der Waals surface area contributed by atoms with Crippen LogP contribution in [-0.4, -0.2) is 10.7 Å². The Morgan fingerprint density at radius 2 is 2.05 bits per heavy atom. The molecule has 2 N–H and O–H groups in total. The van der Waals surface area contributed by atoms with Crippen molar-refractivity contribution >= 4 is 34.3 Å². The molecule has 0 aliphatic heterocycles. The smallest absolute Gasteiger partial charge is 0.398 e. The van der Waals surface area contributed by atoms with Crippen molar-refractivity contribution in [3.63, 3.8) is 0 Å². The van der Waals surface area contributed by atoms with Crippen molar-refractivity contribution in [3.8, 4) is 0 Å². The highest BCUT2D eigenvalue weighted by molar-refractivity contribution is 6.38. The predicted molar refractivity (Wildman–Crippen MR) is 72.1 cm³/mol. The van der Waals surface area contributed by atoms with Gasteiger partial charge in [0, 0.05) is 11.1 Å². The second-order valence-electron chi connectivity index (χ2n) is 4.17. The molecule has 0 bridgehead atoms. The second-order valence-corrected chi connectivity index (χ2v) is 4.55. The Kier molecular flexibility index (Phi) is 3.49. The van der Waals surface area contributed by atoms with Crippen LogP contribution in [0, 0.1) is 0 Å². The van der Waals surface area contributed by atoms with Gasteiger partial charge in [-0.05, 0) is 31.2 Å². The van der Waals surface area contributed by atoms with Gasteiger partial charge in [-0.3, -0.25) is 0 Å². The molecule has 2 rings (SSSR count). The number of nitrogens with zero attached hydrogens (tertiary/aromatic N) is 1. The third kappa shape index (κ3) is 2.71. The molecule has 0 saturated heterocycles. The maximum Gasteiger partial charge on any atom is 0.406 e. The van der Waals surface area contributed by atoms with Crippen LogP contribution in [0.5, 0.6) is 0 Å². The average molecular weight is 289 g/mol. The first-order chi connectivity index (χ1) is 8.83. The van der Waals surface area contributed by atoms with E-state index in [1.54, 1.807) is 31.2 Å². The lowest BCUT2D eigenvalue weighted by molar-refractivity contribution is -0.139. The van der Waals surface area contributed by atoms with Gasteiger partial charge in [0.25, 0.3) is 0 Å². The molecule has 1 aromatic heterocycles. The Hall–Kier alpha value is -1.62. The standard InChI is InChI=1S/C13H12ClF3N2/c1-2-3-8-6-9-11(5-4-10(18)12(9)14)19(8)7-13(15,16)17/h2-6H,7,18H2,1H3/b3-2-. The summed E-state index contributed by atoms with van der Waals surface area (Å²) in [6.07, 6.45) is -1.01. The molecular formula is C13H12ClF3N2. The van der Waals surface area contributed by atoms with Crippen molar-refractivity contribution in [2.75, 3.05) is 5.73 Å². The van der Waals surface area contributed by atoms with E-state index in [1.165, 1.54) is 10.6 Å². The zero-order valence-corrected chi connectivity index (χ0v) is 10.9. The first kappa shape index (κ1) is 13.8. The summed E-state index contributed by atoms with van der Waals surface area (Å²) in [5.74, 6) is 0. The molecule has 0 radical (unpaired) electrons. The number of alkyl halides is 3. The molecular weight excluding hydrogens is 277 g/mol. The Morgan fingerprint density at radius 3 is 2.63 bits per heavy atom. The summed E-state index contributed by atoms with van der Waals surface area (Å²) in [4.78, 5) is 0. The van der Waals surface area contributed by atoms with E-state index in [2.05, 4.69) is 0 Å². The monoisotopic (exact) mass is 288 g/mol. The summed E-state index contributed by atoms with van der Waals surface area (Å²) in [6.45, 7) is 0.683. The summed E-state index contributed by atoms with van der Waals surface area (Å²) in [6, 6.07) is 4.67. The summed E-state index contributed by atoms with van der Waals surface area (Å²) in [5, 5.41) is 0.809. The third-order valence-electron chi connectivity index (χ3n) is 2.76. The molecule has 2 nitrogen and oxygen atoms in total. The van der Waals surface area contributed by atoms with Gasteiger partial charge in [0.1, 0.15) is 6.54 Å². The minimum atomic E-state index is -4.30. The molecule has 102 valence electrons. The summed E-state index contributed by atoms with van der Waals surface area (Å²) in [5.41, 5.74) is 6.88. The van der Waals surface area contributed by atoms with Crippen LogP contribution in [0.1, 0.15) is 12.6 Å². The van der Waals surface area contributed by atoms with Crippen LogP contribution in [-0.2, 0) is 6.54 Å².